The molecule has 0 spiro atoms. The molecule has 0 aromatic carbocycles. The normalized spacial score (nSPS) is 28.3. The van der Waals surface area contributed by atoms with Gasteiger partial charge in [-0.2, -0.15) is 0 Å². The van der Waals surface area contributed by atoms with Crippen LogP contribution in [0.5, 0.6) is 0 Å². The fourth-order valence-corrected chi connectivity index (χ4v) is 2.98. The van der Waals surface area contributed by atoms with Crippen LogP contribution in [0.4, 0.5) is 0 Å². The number of aliphatic hydroxyl groups excluding tert-OH is 1. The smallest absolute Gasteiger partial charge is 0.154 e. The van der Waals surface area contributed by atoms with Crippen molar-refractivity contribution in [2.75, 3.05) is 0 Å². The van der Waals surface area contributed by atoms with Gasteiger partial charge < -0.3 is 5.11 Å². The van der Waals surface area contributed by atoms with Crippen LogP contribution in [0.2, 0.25) is 0 Å². The maximum Gasteiger partial charge on any atom is 0.154 e. The molecule has 84 valence electrons. The largest absolute Gasteiger partial charge is 0.386 e. The van der Waals surface area contributed by atoms with Crippen LogP contribution < -0.4 is 0 Å². The quantitative estimate of drug-likeness (QED) is 0.898. The van der Waals surface area contributed by atoms with Gasteiger partial charge >= 0.3 is 0 Å². The third-order valence-corrected chi connectivity index (χ3v) is 3.85. The van der Waals surface area contributed by atoms with E-state index in [0.29, 0.717) is 10.5 Å². The van der Waals surface area contributed by atoms with Gasteiger partial charge in [-0.05, 0) is 40.6 Å². The van der Waals surface area contributed by atoms with E-state index in [1.54, 1.807) is 4.68 Å². The minimum absolute atomic E-state index is 0.355. The lowest BCUT2D eigenvalue weighted by Crippen LogP contribution is -2.14. The second kappa shape index (κ2) is 4.22. The van der Waals surface area contributed by atoms with Crippen molar-refractivity contribution in [3.05, 3.63) is 10.3 Å². The highest BCUT2D eigenvalue weighted by Gasteiger charge is 2.31. The molecule has 1 aliphatic carbocycles. The molecule has 0 amide bonds. The zero-order chi connectivity index (χ0) is 11.0. The molecule has 1 fully saturated rings. The summed E-state index contributed by atoms with van der Waals surface area (Å²) in [5.74, 6) is 1.08. The van der Waals surface area contributed by atoms with Crippen molar-refractivity contribution < 1.29 is 5.11 Å². The Hall–Kier alpha value is -0.420. The molecule has 1 aliphatic rings. The number of rotatable bonds is 2. The van der Waals surface area contributed by atoms with Crippen molar-refractivity contribution in [2.24, 2.45) is 18.9 Å². The van der Waals surface area contributed by atoms with Crippen LogP contribution in [0.15, 0.2) is 4.60 Å². The first kappa shape index (κ1) is 11.1. The lowest BCUT2D eigenvalue weighted by Gasteiger charge is -2.17. The number of hydrogen-bond acceptors (Lipinski definition) is 3. The Morgan fingerprint density at radius 1 is 1.53 bits per heavy atom. The van der Waals surface area contributed by atoms with Gasteiger partial charge in [-0.1, -0.05) is 18.6 Å². The Morgan fingerprint density at radius 3 is 2.73 bits per heavy atom. The lowest BCUT2D eigenvalue weighted by molar-refractivity contribution is 0.101. The van der Waals surface area contributed by atoms with Crippen molar-refractivity contribution in [1.82, 2.24) is 15.0 Å². The number of halogens is 1. The number of aryl methyl sites for hydroxylation is 1. The fraction of sp³-hybridized carbons (Fsp3) is 0.800. The van der Waals surface area contributed by atoms with Crippen LogP contribution >= 0.6 is 15.9 Å². The summed E-state index contributed by atoms with van der Waals surface area (Å²) in [5.41, 5.74) is 0.800. The van der Waals surface area contributed by atoms with Crippen molar-refractivity contribution in [3.63, 3.8) is 0 Å². The zero-order valence-electron chi connectivity index (χ0n) is 9.02. The molecule has 0 radical (unpaired) electrons. The Balaban J connectivity index is 2.17. The van der Waals surface area contributed by atoms with Crippen molar-refractivity contribution >= 4 is 15.9 Å². The van der Waals surface area contributed by atoms with Crippen LogP contribution in [0, 0.1) is 11.8 Å². The second-order valence-electron chi connectivity index (χ2n) is 4.51. The molecule has 1 N–H and O–H groups in total. The van der Waals surface area contributed by atoms with E-state index in [1.807, 2.05) is 7.05 Å². The number of nitrogens with zero attached hydrogens (tertiary/aromatic N) is 3. The molecule has 5 heteroatoms. The fourth-order valence-electron chi connectivity index (χ4n) is 2.41. The lowest BCUT2D eigenvalue weighted by atomic mass is 9.97. The van der Waals surface area contributed by atoms with Crippen LogP contribution in [0.25, 0.3) is 0 Å². The van der Waals surface area contributed by atoms with Gasteiger partial charge in [0.15, 0.2) is 4.60 Å². The van der Waals surface area contributed by atoms with E-state index in [0.717, 1.165) is 24.5 Å². The maximum atomic E-state index is 10.3. The first-order valence-electron chi connectivity index (χ1n) is 5.32. The van der Waals surface area contributed by atoms with Crippen LogP contribution in [-0.2, 0) is 7.05 Å². The minimum atomic E-state index is -0.440. The Morgan fingerprint density at radius 2 is 2.27 bits per heavy atom. The van der Waals surface area contributed by atoms with Crippen LogP contribution in [0.1, 0.15) is 38.0 Å². The molecule has 0 bridgehead atoms. The van der Waals surface area contributed by atoms with Crippen LogP contribution in [-0.4, -0.2) is 20.1 Å². The predicted octanol–water partition coefficient (Wildman–Crippen LogP) is 2.05. The summed E-state index contributed by atoms with van der Waals surface area (Å²) >= 11 is 3.33. The van der Waals surface area contributed by atoms with E-state index in [2.05, 4.69) is 33.2 Å². The molecule has 2 rings (SSSR count). The topological polar surface area (TPSA) is 50.9 Å². The third kappa shape index (κ3) is 2.08. The van der Waals surface area contributed by atoms with Gasteiger partial charge in [-0.25, -0.2) is 4.68 Å². The predicted molar refractivity (Wildman–Crippen MR) is 60.2 cm³/mol. The average molecular weight is 274 g/mol. The highest BCUT2D eigenvalue weighted by Crippen LogP contribution is 2.39. The summed E-state index contributed by atoms with van der Waals surface area (Å²) in [6, 6.07) is 0. The van der Waals surface area contributed by atoms with E-state index < -0.39 is 6.10 Å². The Labute approximate surface area is 97.8 Å². The van der Waals surface area contributed by atoms with Gasteiger partial charge in [-0.15, -0.1) is 5.10 Å². The number of aliphatic hydroxyl groups is 1. The van der Waals surface area contributed by atoms with Crippen molar-refractivity contribution in [3.8, 4) is 0 Å². The molecule has 3 unspecified atom stereocenters. The molecule has 0 aliphatic heterocycles. The van der Waals surface area contributed by atoms with Gasteiger partial charge in [0.2, 0.25) is 0 Å². The maximum absolute atomic E-state index is 10.3. The molecule has 1 aromatic heterocycles. The van der Waals surface area contributed by atoms with E-state index in [9.17, 15) is 5.11 Å². The van der Waals surface area contributed by atoms with Gasteiger partial charge in [0.05, 0.1) is 0 Å². The molecular formula is C10H16BrN3O. The summed E-state index contributed by atoms with van der Waals surface area (Å²) < 4.78 is 2.31. The Bertz CT molecular complexity index is 333. The number of aromatic nitrogens is 3. The molecule has 1 heterocycles. The van der Waals surface area contributed by atoms with E-state index >= 15 is 0 Å². The van der Waals surface area contributed by atoms with E-state index in [1.165, 1.54) is 6.42 Å². The second-order valence-corrected chi connectivity index (χ2v) is 5.26. The zero-order valence-corrected chi connectivity index (χ0v) is 10.6. The van der Waals surface area contributed by atoms with E-state index in [-0.39, 0.29) is 0 Å². The van der Waals surface area contributed by atoms with Gasteiger partial charge in [-0.3, -0.25) is 0 Å². The van der Waals surface area contributed by atoms with E-state index in [4.69, 9.17) is 0 Å². The highest BCUT2D eigenvalue weighted by atomic mass is 79.9. The SMILES string of the molecule is CC1CCC(C(O)c2c(Br)nnn2C)C1. The molecule has 0 saturated heterocycles. The van der Waals surface area contributed by atoms with Crippen LogP contribution in [0.3, 0.4) is 0 Å². The summed E-state index contributed by atoms with van der Waals surface area (Å²) in [7, 11) is 1.81. The monoisotopic (exact) mass is 273 g/mol. The molecule has 15 heavy (non-hydrogen) atoms. The standard InChI is InChI=1S/C10H16BrN3O/c1-6-3-4-7(5-6)9(15)8-10(11)12-13-14(8)2/h6-7,9,15H,3-5H2,1-2H3. The Kier molecular flexibility index (Phi) is 3.11. The van der Waals surface area contributed by atoms with Crippen molar-refractivity contribution in [2.45, 2.75) is 32.3 Å². The highest BCUT2D eigenvalue weighted by molar-refractivity contribution is 9.10. The summed E-state index contributed by atoms with van der Waals surface area (Å²) in [6.07, 6.45) is 2.97. The molecular weight excluding hydrogens is 258 g/mol. The number of hydrogen-bond donors (Lipinski definition) is 1. The summed E-state index contributed by atoms with van der Waals surface area (Å²) in [4.78, 5) is 0. The third-order valence-electron chi connectivity index (χ3n) is 3.29. The molecule has 1 aromatic rings. The molecule has 3 atom stereocenters. The molecule has 4 nitrogen and oxygen atoms in total. The summed E-state index contributed by atoms with van der Waals surface area (Å²) in [5, 5.41) is 18.0. The first-order chi connectivity index (χ1) is 7.09. The van der Waals surface area contributed by atoms with Gasteiger partial charge in [0.25, 0.3) is 0 Å². The molecule has 1 saturated carbocycles. The van der Waals surface area contributed by atoms with Gasteiger partial charge in [0, 0.05) is 7.05 Å². The minimum Gasteiger partial charge on any atom is -0.386 e. The first-order valence-corrected chi connectivity index (χ1v) is 6.12. The van der Waals surface area contributed by atoms with Gasteiger partial charge in [0.1, 0.15) is 11.8 Å². The van der Waals surface area contributed by atoms with Crippen molar-refractivity contribution in [1.29, 1.82) is 0 Å². The summed E-state index contributed by atoms with van der Waals surface area (Å²) in [6.45, 7) is 2.24. The average Bonchev–Trinajstić information content (AvgIpc) is 2.73.